The maximum absolute atomic E-state index is 13.4. The lowest BCUT2D eigenvalue weighted by atomic mass is 9.85. The van der Waals surface area contributed by atoms with Crippen molar-refractivity contribution in [3.8, 4) is 17.2 Å². The van der Waals surface area contributed by atoms with Gasteiger partial charge in [0.2, 0.25) is 5.91 Å². The van der Waals surface area contributed by atoms with E-state index in [9.17, 15) is 23.6 Å². The fourth-order valence-electron chi connectivity index (χ4n) is 4.33. The predicted molar refractivity (Wildman–Crippen MR) is 145 cm³/mol. The minimum atomic E-state index is -4.23. The standard InChI is InChI=1S/C30H34N2O4S/c1-19(2)26-12-21(18-31)13-27(20(3)4)28(26)17-29(33)32-37(35,36)25-15-23(22-10-8-7-9-11-22)14-24(16-25)30(5,6)34/h7-16,19-20,34H,17H2,1-6H3,(H,32,33). The van der Waals surface area contributed by atoms with E-state index >= 15 is 0 Å². The van der Waals surface area contributed by atoms with Gasteiger partial charge in [0.1, 0.15) is 0 Å². The number of amides is 1. The molecule has 0 saturated carbocycles. The predicted octanol–water partition coefficient (Wildman–Crippen LogP) is 5.75. The van der Waals surface area contributed by atoms with Gasteiger partial charge in [-0.25, -0.2) is 13.1 Å². The summed E-state index contributed by atoms with van der Waals surface area (Å²) in [5.41, 5.74) is 3.49. The van der Waals surface area contributed by atoms with Gasteiger partial charge in [0.05, 0.1) is 28.6 Å². The molecule has 194 valence electrons. The van der Waals surface area contributed by atoms with Gasteiger partial charge in [0, 0.05) is 0 Å². The third-order valence-electron chi connectivity index (χ3n) is 6.31. The van der Waals surface area contributed by atoms with Crippen LogP contribution in [0.1, 0.15) is 81.2 Å². The first kappa shape index (κ1) is 28.1. The fraction of sp³-hybridized carbons (Fsp3) is 0.333. The average Bonchev–Trinajstić information content (AvgIpc) is 2.83. The zero-order valence-electron chi connectivity index (χ0n) is 22.2. The summed E-state index contributed by atoms with van der Waals surface area (Å²) < 4.78 is 29.0. The Morgan fingerprint density at radius 1 is 0.946 bits per heavy atom. The summed E-state index contributed by atoms with van der Waals surface area (Å²) in [6.07, 6.45) is -0.136. The van der Waals surface area contributed by atoms with Crippen LogP contribution in [0.3, 0.4) is 0 Å². The maximum Gasteiger partial charge on any atom is 0.264 e. The topological polar surface area (TPSA) is 107 Å². The van der Waals surface area contributed by atoms with Crippen molar-refractivity contribution in [2.24, 2.45) is 0 Å². The van der Waals surface area contributed by atoms with Crippen molar-refractivity contribution in [2.75, 3.05) is 0 Å². The Morgan fingerprint density at radius 2 is 1.51 bits per heavy atom. The number of carbonyl (C=O) groups is 1. The van der Waals surface area contributed by atoms with E-state index < -0.39 is 21.5 Å². The summed E-state index contributed by atoms with van der Waals surface area (Å²) in [5, 5.41) is 20.1. The number of sulfonamides is 1. The number of carbonyl (C=O) groups excluding carboxylic acids is 1. The molecule has 0 aliphatic carbocycles. The van der Waals surface area contributed by atoms with Crippen molar-refractivity contribution in [2.45, 2.75) is 70.3 Å². The number of aliphatic hydroxyl groups is 1. The first-order chi connectivity index (χ1) is 17.2. The van der Waals surface area contributed by atoms with E-state index in [0.717, 1.165) is 22.3 Å². The van der Waals surface area contributed by atoms with E-state index in [2.05, 4.69) is 10.8 Å². The molecule has 0 aliphatic rings. The van der Waals surface area contributed by atoms with Crippen LogP contribution in [0.2, 0.25) is 0 Å². The second-order valence-electron chi connectivity index (χ2n) is 10.4. The average molecular weight is 519 g/mol. The van der Waals surface area contributed by atoms with Gasteiger partial charge in [-0.2, -0.15) is 5.26 Å². The van der Waals surface area contributed by atoms with Crippen LogP contribution in [-0.2, 0) is 26.8 Å². The summed E-state index contributed by atoms with van der Waals surface area (Å²) in [5.74, 6) is -0.576. The van der Waals surface area contributed by atoms with Crippen LogP contribution in [0.5, 0.6) is 0 Å². The van der Waals surface area contributed by atoms with Gasteiger partial charge in [-0.15, -0.1) is 0 Å². The molecule has 37 heavy (non-hydrogen) atoms. The Kier molecular flexibility index (Phi) is 8.26. The number of benzene rings is 3. The Morgan fingerprint density at radius 3 is 2.00 bits per heavy atom. The van der Waals surface area contributed by atoms with Crippen molar-refractivity contribution < 1.29 is 18.3 Å². The number of nitriles is 1. The van der Waals surface area contributed by atoms with Gasteiger partial charge in [0.25, 0.3) is 10.0 Å². The van der Waals surface area contributed by atoms with E-state index in [0.29, 0.717) is 16.7 Å². The summed E-state index contributed by atoms with van der Waals surface area (Å²) >= 11 is 0. The van der Waals surface area contributed by atoms with E-state index in [4.69, 9.17) is 0 Å². The van der Waals surface area contributed by atoms with Crippen molar-refractivity contribution in [1.29, 1.82) is 5.26 Å². The number of hydrogen-bond acceptors (Lipinski definition) is 5. The highest BCUT2D eigenvalue weighted by atomic mass is 32.2. The highest BCUT2D eigenvalue weighted by molar-refractivity contribution is 7.90. The van der Waals surface area contributed by atoms with Crippen molar-refractivity contribution in [3.63, 3.8) is 0 Å². The molecule has 7 heteroatoms. The molecular formula is C30H34N2O4S. The van der Waals surface area contributed by atoms with Crippen molar-refractivity contribution in [1.82, 2.24) is 4.72 Å². The van der Waals surface area contributed by atoms with E-state index in [1.807, 2.05) is 58.0 Å². The van der Waals surface area contributed by atoms with Crippen molar-refractivity contribution >= 4 is 15.9 Å². The molecule has 1 amide bonds. The molecule has 0 aromatic heterocycles. The number of hydrogen-bond donors (Lipinski definition) is 2. The fourth-order valence-corrected chi connectivity index (χ4v) is 5.38. The molecule has 3 rings (SSSR count). The molecule has 0 aliphatic heterocycles. The summed E-state index contributed by atoms with van der Waals surface area (Å²) in [4.78, 5) is 13.0. The minimum Gasteiger partial charge on any atom is -0.386 e. The Bertz CT molecular complexity index is 1420. The van der Waals surface area contributed by atoms with Crippen molar-refractivity contribution in [3.05, 3.63) is 88.5 Å². The van der Waals surface area contributed by atoms with E-state index in [1.165, 1.54) is 12.1 Å². The number of nitrogens with one attached hydrogen (secondary N) is 1. The maximum atomic E-state index is 13.4. The third-order valence-corrected chi connectivity index (χ3v) is 7.66. The van der Waals surface area contributed by atoms with Crippen LogP contribution in [0.15, 0.2) is 65.6 Å². The summed E-state index contributed by atoms with van der Waals surface area (Å²) in [6, 6.07) is 19.6. The molecule has 6 nitrogen and oxygen atoms in total. The normalized spacial score (nSPS) is 12.0. The largest absolute Gasteiger partial charge is 0.386 e. The molecule has 0 unspecified atom stereocenters. The lowest BCUT2D eigenvalue weighted by Crippen LogP contribution is -2.32. The number of nitrogens with zero attached hydrogens (tertiary/aromatic N) is 1. The Labute approximate surface area is 220 Å². The monoisotopic (exact) mass is 518 g/mol. The molecule has 0 fully saturated rings. The van der Waals surface area contributed by atoms with Crippen LogP contribution < -0.4 is 4.72 Å². The second kappa shape index (κ2) is 10.9. The quantitative estimate of drug-likeness (QED) is 0.395. The molecule has 0 saturated heterocycles. The Balaban J connectivity index is 2.02. The lowest BCUT2D eigenvalue weighted by Gasteiger charge is -2.21. The highest BCUT2D eigenvalue weighted by Crippen LogP contribution is 2.32. The summed E-state index contributed by atoms with van der Waals surface area (Å²) in [7, 11) is -4.23. The first-order valence-electron chi connectivity index (χ1n) is 12.3. The van der Waals surface area contributed by atoms with Gasteiger partial charge in [-0.05, 0) is 89.4 Å². The van der Waals surface area contributed by atoms with Gasteiger partial charge in [-0.1, -0.05) is 58.0 Å². The summed E-state index contributed by atoms with van der Waals surface area (Å²) in [6.45, 7) is 11.1. The van der Waals surface area contributed by atoms with E-state index in [1.54, 1.807) is 32.0 Å². The van der Waals surface area contributed by atoms with Gasteiger partial charge >= 0.3 is 0 Å². The second-order valence-corrected chi connectivity index (χ2v) is 12.1. The van der Waals surface area contributed by atoms with Crippen LogP contribution in [-0.4, -0.2) is 19.4 Å². The van der Waals surface area contributed by atoms with Crippen LogP contribution in [0.25, 0.3) is 11.1 Å². The molecule has 0 bridgehead atoms. The van der Waals surface area contributed by atoms with Gasteiger partial charge in [-0.3, -0.25) is 4.79 Å². The molecule has 2 N–H and O–H groups in total. The van der Waals surface area contributed by atoms with Crippen LogP contribution >= 0.6 is 0 Å². The zero-order chi connectivity index (χ0) is 27.5. The molecule has 0 spiro atoms. The molecular weight excluding hydrogens is 484 g/mol. The zero-order valence-corrected chi connectivity index (χ0v) is 23.0. The smallest absolute Gasteiger partial charge is 0.264 e. The van der Waals surface area contributed by atoms with Crippen LogP contribution in [0.4, 0.5) is 0 Å². The van der Waals surface area contributed by atoms with Gasteiger partial charge < -0.3 is 5.11 Å². The molecule has 3 aromatic carbocycles. The lowest BCUT2D eigenvalue weighted by molar-refractivity contribution is -0.118. The Hall–Kier alpha value is -3.47. The third kappa shape index (κ3) is 6.65. The molecule has 3 aromatic rings. The highest BCUT2D eigenvalue weighted by Gasteiger charge is 2.25. The molecule has 0 atom stereocenters. The minimum absolute atomic E-state index is 0.0436. The molecule has 0 heterocycles. The van der Waals surface area contributed by atoms with E-state index in [-0.39, 0.29) is 23.2 Å². The van der Waals surface area contributed by atoms with Crippen LogP contribution in [0, 0.1) is 11.3 Å². The first-order valence-corrected chi connectivity index (χ1v) is 13.8. The SMILES string of the molecule is CC(C)c1cc(C#N)cc(C(C)C)c1CC(=O)NS(=O)(=O)c1cc(-c2ccccc2)cc(C(C)(C)O)c1. The molecule has 0 radical (unpaired) electrons. The van der Waals surface area contributed by atoms with Gasteiger partial charge in [0.15, 0.2) is 0 Å². The number of rotatable bonds is 8.